The van der Waals surface area contributed by atoms with Crippen molar-refractivity contribution < 1.29 is 17.5 Å². The molecule has 3 rings (SSSR count). The molecule has 0 saturated carbocycles. The zero-order valence-electron chi connectivity index (χ0n) is 12.4. The van der Waals surface area contributed by atoms with Crippen LogP contribution < -0.4 is 4.57 Å². The number of nitrogens with zero attached hydrogens (tertiary/aromatic N) is 1. The van der Waals surface area contributed by atoms with E-state index >= 15 is 0 Å². The lowest BCUT2D eigenvalue weighted by molar-refractivity contribution is -0.673. The monoisotopic (exact) mass is 335 g/mol. The van der Waals surface area contributed by atoms with Crippen molar-refractivity contribution in [2.75, 3.05) is 0 Å². The summed E-state index contributed by atoms with van der Waals surface area (Å²) in [6.07, 6.45) is 0.329. The zero-order valence-corrected chi connectivity index (χ0v) is 14.1. The van der Waals surface area contributed by atoms with Crippen molar-refractivity contribution in [3.05, 3.63) is 41.4 Å². The molecule has 1 aromatic heterocycles. The van der Waals surface area contributed by atoms with Crippen LogP contribution in [-0.4, -0.2) is 18.2 Å². The van der Waals surface area contributed by atoms with Crippen LogP contribution in [0.1, 0.15) is 18.4 Å². The minimum Gasteiger partial charge on any atom is -0.748 e. The number of hydrogen-bond acceptors (Lipinski definition) is 4. The molecule has 1 atom stereocenters. The van der Waals surface area contributed by atoms with Crippen LogP contribution in [0, 0.1) is 6.92 Å². The predicted octanol–water partition coefficient (Wildman–Crippen LogP) is 2.97. The van der Waals surface area contributed by atoms with Gasteiger partial charge in [0.05, 0.1) is 15.4 Å². The van der Waals surface area contributed by atoms with Crippen molar-refractivity contribution in [2.45, 2.75) is 32.1 Å². The van der Waals surface area contributed by atoms with E-state index in [4.69, 9.17) is 0 Å². The first kappa shape index (κ1) is 15.4. The Kier molecular flexibility index (Phi) is 3.92. The van der Waals surface area contributed by atoms with E-state index in [1.807, 2.05) is 19.1 Å². The molecule has 0 bridgehead atoms. The molecule has 0 N–H and O–H groups in total. The maximum atomic E-state index is 11.1. The topological polar surface area (TPSA) is 61.1 Å². The summed E-state index contributed by atoms with van der Waals surface area (Å²) in [4.78, 5) is 0. The first-order valence-electron chi connectivity index (χ1n) is 7.13. The van der Waals surface area contributed by atoms with Gasteiger partial charge >= 0.3 is 0 Å². The van der Waals surface area contributed by atoms with E-state index in [-0.39, 0.29) is 0 Å². The molecular formula is C16H17NO3S2. The summed E-state index contributed by atoms with van der Waals surface area (Å²) in [6, 6.07) is 12.5. The fourth-order valence-electron chi connectivity index (χ4n) is 2.62. The molecule has 0 aliphatic carbocycles. The largest absolute Gasteiger partial charge is 0.748 e. The van der Waals surface area contributed by atoms with Crippen LogP contribution in [0.4, 0.5) is 0 Å². The number of thiazole rings is 1. The molecule has 1 unspecified atom stereocenters. The number of rotatable bonds is 4. The van der Waals surface area contributed by atoms with E-state index in [0.717, 1.165) is 15.9 Å². The fourth-order valence-corrected chi connectivity index (χ4v) is 4.09. The average Bonchev–Trinajstić information content (AvgIpc) is 2.76. The molecule has 0 aliphatic rings. The van der Waals surface area contributed by atoms with Crippen molar-refractivity contribution in [3.8, 4) is 0 Å². The molecule has 0 spiro atoms. The van der Waals surface area contributed by atoms with Gasteiger partial charge in [0, 0.05) is 19.4 Å². The number of fused-ring (bicyclic) bond motifs is 2. The van der Waals surface area contributed by atoms with Gasteiger partial charge in [-0.25, -0.2) is 8.42 Å². The van der Waals surface area contributed by atoms with E-state index in [1.165, 1.54) is 17.0 Å². The quantitative estimate of drug-likeness (QED) is 0.544. The molecule has 22 heavy (non-hydrogen) atoms. The molecule has 1 heterocycles. The summed E-state index contributed by atoms with van der Waals surface area (Å²) in [5.41, 5.74) is 1.09. The maximum absolute atomic E-state index is 11.1. The van der Waals surface area contributed by atoms with Crippen molar-refractivity contribution in [2.24, 2.45) is 0 Å². The van der Waals surface area contributed by atoms with E-state index < -0.39 is 15.4 Å². The lowest BCUT2D eigenvalue weighted by atomic mass is 10.1. The van der Waals surface area contributed by atoms with Gasteiger partial charge < -0.3 is 4.55 Å². The number of aromatic nitrogens is 1. The van der Waals surface area contributed by atoms with Crippen molar-refractivity contribution in [3.63, 3.8) is 0 Å². The van der Waals surface area contributed by atoms with Crippen molar-refractivity contribution in [1.29, 1.82) is 0 Å². The van der Waals surface area contributed by atoms with Crippen LogP contribution in [-0.2, 0) is 16.7 Å². The van der Waals surface area contributed by atoms with Gasteiger partial charge in [-0.3, -0.25) is 0 Å². The van der Waals surface area contributed by atoms with E-state index in [9.17, 15) is 13.0 Å². The second kappa shape index (κ2) is 5.61. The van der Waals surface area contributed by atoms with Crippen LogP contribution >= 0.6 is 11.3 Å². The van der Waals surface area contributed by atoms with Crippen LogP contribution in [0.25, 0.3) is 21.0 Å². The first-order valence-corrected chi connectivity index (χ1v) is 9.41. The molecule has 0 saturated heterocycles. The average molecular weight is 335 g/mol. The van der Waals surface area contributed by atoms with Gasteiger partial charge in [-0.15, -0.1) is 0 Å². The predicted molar refractivity (Wildman–Crippen MR) is 88.0 cm³/mol. The zero-order chi connectivity index (χ0) is 15.9. The lowest BCUT2D eigenvalue weighted by Crippen LogP contribution is -2.37. The maximum Gasteiger partial charge on any atom is 0.235 e. The van der Waals surface area contributed by atoms with Crippen LogP contribution in [0.2, 0.25) is 0 Å². The summed E-state index contributed by atoms with van der Waals surface area (Å²) in [5, 5.41) is 2.60. The van der Waals surface area contributed by atoms with Crippen molar-refractivity contribution in [1.82, 2.24) is 0 Å². The number of hydrogen-bond donors (Lipinski definition) is 0. The van der Waals surface area contributed by atoms with Crippen LogP contribution in [0.3, 0.4) is 0 Å². The van der Waals surface area contributed by atoms with Gasteiger partial charge in [0.25, 0.3) is 0 Å². The minimum absolute atomic E-state index is 0.329. The molecule has 0 fully saturated rings. The molecule has 0 aliphatic heterocycles. The molecule has 0 radical (unpaired) electrons. The molecule has 0 amide bonds. The molecule has 2 aromatic carbocycles. The Balaban J connectivity index is 2.02. The van der Waals surface area contributed by atoms with Crippen molar-refractivity contribution >= 4 is 42.4 Å². The Morgan fingerprint density at radius 3 is 2.50 bits per heavy atom. The van der Waals surface area contributed by atoms with Crippen LogP contribution in [0.15, 0.2) is 36.4 Å². The summed E-state index contributed by atoms with van der Waals surface area (Å²) in [7, 11) is -4.22. The third kappa shape index (κ3) is 2.86. The second-order valence-corrected chi connectivity index (χ2v) is 8.56. The van der Waals surface area contributed by atoms with Gasteiger partial charge in [0.15, 0.2) is 6.54 Å². The lowest BCUT2D eigenvalue weighted by Gasteiger charge is -2.13. The molecular weight excluding hydrogens is 318 g/mol. The SMILES string of the molecule is Cc1sc2cc3ccccc3cc2[n+]1CCC(C)S(=O)(=O)[O-]. The highest BCUT2D eigenvalue weighted by Crippen LogP contribution is 2.26. The number of benzene rings is 2. The highest BCUT2D eigenvalue weighted by Gasteiger charge is 2.20. The van der Waals surface area contributed by atoms with E-state index in [2.05, 4.69) is 28.8 Å². The highest BCUT2D eigenvalue weighted by molar-refractivity contribution is 7.86. The van der Waals surface area contributed by atoms with Crippen LogP contribution in [0.5, 0.6) is 0 Å². The Hall–Kier alpha value is -1.50. The molecule has 3 aromatic rings. The molecule has 4 nitrogen and oxygen atoms in total. The first-order chi connectivity index (χ1) is 10.4. The fraction of sp³-hybridized carbons (Fsp3) is 0.312. The third-order valence-electron chi connectivity index (χ3n) is 4.01. The standard InChI is InChI=1S/C16H17NO3S2/c1-11(22(18,19)20)7-8-17-12(2)21-16-10-14-6-4-3-5-13(14)9-15(16)17/h3-6,9-11H,7-8H2,1-2H3. The Labute approximate surface area is 133 Å². The summed E-state index contributed by atoms with van der Waals surface area (Å²) in [5.74, 6) is 0. The van der Waals surface area contributed by atoms with Gasteiger partial charge in [-0.05, 0) is 23.8 Å². The van der Waals surface area contributed by atoms with E-state index in [1.54, 1.807) is 11.3 Å². The van der Waals surface area contributed by atoms with Gasteiger partial charge in [0.2, 0.25) is 10.5 Å². The third-order valence-corrected chi connectivity index (χ3v) is 6.29. The van der Waals surface area contributed by atoms with Gasteiger partial charge in [-0.1, -0.05) is 35.6 Å². The number of aryl methyl sites for hydroxylation is 2. The smallest absolute Gasteiger partial charge is 0.235 e. The summed E-state index contributed by atoms with van der Waals surface area (Å²) < 4.78 is 36.4. The summed E-state index contributed by atoms with van der Waals surface area (Å²) in [6.45, 7) is 4.03. The normalized spacial score (nSPS) is 13.8. The Morgan fingerprint density at radius 2 is 1.86 bits per heavy atom. The summed E-state index contributed by atoms with van der Waals surface area (Å²) >= 11 is 1.69. The minimum atomic E-state index is -4.22. The highest BCUT2D eigenvalue weighted by atomic mass is 32.2. The Morgan fingerprint density at radius 1 is 1.23 bits per heavy atom. The Bertz CT molecular complexity index is 945. The second-order valence-electron chi connectivity index (χ2n) is 5.53. The van der Waals surface area contributed by atoms with Gasteiger partial charge in [-0.2, -0.15) is 4.57 Å². The molecule has 6 heteroatoms. The molecule has 116 valence electrons. The van der Waals surface area contributed by atoms with Gasteiger partial charge in [0.1, 0.15) is 4.70 Å². The van der Waals surface area contributed by atoms with E-state index in [0.29, 0.717) is 13.0 Å².